The number of rotatable bonds is 23. The Morgan fingerprint density at radius 1 is 0.711 bits per heavy atom. The Hall–Kier alpha value is -1.51. The summed E-state index contributed by atoms with van der Waals surface area (Å²) in [7, 11) is 0. The molecule has 0 saturated heterocycles. The first-order chi connectivity index (χ1) is 18.3. The second-order valence-corrected chi connectivity index (χ2v) is 12.5. The Balaban J connectivity index is 1.98. The summed E-state index contributed by atoms with van der Waals surface area (Å²) in [5, 5.41) is 10.6. The minimum atomic E-state index is -0.128. The fourth-order valence-electron chi connectivity index (χ4n) is 5.25. The van der Waals surface area contributed by atoms with Crippen LogP contribution in [0, 0.1) is 0 Å². The zero-order valence-electron chi connectivity index (χ0n) is 26.0. The number of ether oxygens (including phenoxy) is 1. The summed E-state index contributed by atoms with van der Waals surface area (Å²) in [5.41, 5.74) is 2.89. The summed E-state index contributed by atoms with van der Waals surface area (Å²) < 4.78 is 5.48. The van der Waals surface area contributed by atoms with Crippen molar-refractivity contribution in [2.24, 2.45) is 0 Å². The monoisotopic (exact) mass is 530 g/mol. The topological polar surface area (TPSA) is 46.5 Å². The molecule has 220 valence electrons. The predicted octanol–water partition coefficient (Wildman–Crippen LogP) is 10.8. The van der Waals surface area contributed by atoms with E-state index in [1.165, 1.54) is 103 Å². The van der Waals surface area contributed by atoms with Crippen LogP contribution in [0.3, 0.4) is 0 Å². The first-order valence-electron chi connectivity index (χ1n) is 16.3. The quantitative estimate of drug-likeness (QED) is 0.113. The molecule has 0 aliphatic rings. The molecule has 0 spiro atoms. The van der Waals surface area contributed by atoms with E-state index in [2.05, 4.69) is 40.7 Å². The lowest BCUT2D eigenvalue weighted by atomic mass is 9.83. The lowest BCUT2D eigenvalue weighted by molar-refractivity contribution is -0.143. The molecule has 0 saturated carbocycles. The highest BCUT2D eigenvalue weighted by Gasteiger charge is 2.21. The first-order valence-corrected chi connectivity index (χ1v) is 16.3. The van der Waals surface area contributed by atoms with Crippen LogP contribution in [-0.4, -0.2) is 17.7 Å². The maximum Gasteiger partial charge on any atom is 0.306 e. The molecule has 0 unspecified atom stereocenters. The number of aromatic hydroxyl groups is 1. The van der Waals surface area contributed by atoms with Gasteiger partial charge in [0.1, 0.15) is 5.75 Å². The van der Waals surface area contributed by atoms with Gasteiger partial charge in [0.05, 0.1) is 6.61 Å². The summed E-state index contributed by atoms with van der Waals surface area (Å²) in [5.74, 6) is 0.292. The van der Waals surface area contributed by atoms with E-state index in [4.69, 9.17) is 4.74 Å². The van der Waals surface area contributed by atoms with Gasteiger partial charge in [-0.1, -0.05) is 156 Å². The maximum absolute atomic E-state index is 12.2. The number of aryl methyl sites for hydroxylation is 2. The van der Waals surface area contributed by atoms with E-state index < -0.39 is 0 Å². The number of hydrogen-bond acceptors (Lipinski definition) is 3. The summed E-state index contributed by atoms with van der Waals surface area (Å²) in [6.07, 6.45) is 26.3. The fourth-order valence-corrected chi connectivity index (χ4v) is 5.25. The van der Waals surface area contributed by atoms with Crippen LogP contribution in [0.5, 0.6) is 5.75 Å². The fraction of sp³-hybridized carbons (Fsp3) is 0.800. The predicted molar refractivity (Wildman–Crippen MR) is 164 cm³/mol. The zero-order chi connectivity index (χ0) is 28.1. The molecule has 1 rings (SSSR count). The molecule has 0 bridgehead atoms. The molecule has 3 nitrogen and oxygen atoms in total. The Kier molecular flexibility index (Phi) is 19.4. The van der Waals surface area contributed by atoms with Crippen molar-refractivity contribution in [1.82, 2.24) is 0 Å². The number of unbranched alkanes of at least 4 members (excludes halogenated alkanes) is 17. The van der Waals surface area contributed by atoms with Crippen molar-refractivity contribution >= 4 is 5.97 Å². The third-order valence-electron chi connectivity index (χ3n) is 7.82. The average molecular weight is 531 g/mol. The number of esters is 1. The van der Waals surface area contributed by atoms with Crippen LogP contribution in [0.2, 0.25) is 0 Å². The van der Waals surface area contributed by atoms with Gasteiger partial charge in [0.25, 0.3) is 0 Å². The van der Waals surface area contributed by atoms with E-state index >= 15 is 0 Å². The zero-order valence-corrected chi connectivity index (χ0v) is 26.0. The van der Waals surface area contributed by atoms with Crippen molar-refractivity contribution in [2.45, 2.75) is 175 Å². The van der Waals surface area contributed by atoms with Crippen molar-refractivity contribution < 1.29 is 14.6 Å². The molecule has 1 N–H and O–H groups in total. The molecular formula is C35H62O3. The Bertz CT molecular complexity index is 731. The van der Waals surface area contributed by atoms with Gasteiger partial charge in [-0.05, 0) is 41.4 Å². The van der Waals surface area contributed by atoms with Crippen molar-refractivity contribution in [3.63, 3.8) is 0 Å². The van der Waals surface area contributed by atoms with Gasteiger partial charge in [0, 0.05) is 6.42 Å². The lowest BCUT2D eigenvalue weighted by Gasteiger charge is -2.23. The molecule has 0 aromatic heterocycles. The summed E-state index contributed by atoms with van der Waals surface area (Å²) in [6, 6.07) is 4.09. The molecule has 1 aromatic rings. The van der Waals surface area contributed by atoms with Gasteiger partial charge in [-0.2, -0.15) is 0 Å². The number of hydrogen-bond donors (Lipinski definition) is 1. The van der Waals surface area contributed by atoms with Gasteiger partial charge in [-0.3, -0.25) is 4.79 Å². The summed E-state index contributed by atoms with van der Waals surface area (Å²) >= 11 is 0. The molecule has 0 radical (unpaired) electrons. The van der Waals surface area contributed by atoms with Crippen molar-refractivity contribution in [1.29, 1.82) is 0 Å². The number of phenolic OH excluding ortho intramolecular Hbond substituents is 1. The smallest absolute Gasteiger partial charge is 0.306 e. The maximum atomic E-state index is 12.2. The third-order valence-corrected chi connectivity index (χ3v) is 7.82. The van der Waals surface area contributed by atoms with Crippen LogP contribution in [0.25, 0.3) is 0 Å². The number of benzene rings is 1. The van der Waals surface area contributed by atoms with Crippen LogP contribution in [0.15, 0.2) is 12.1 Å². The molecule has 0 aliphatic carbocycles. The second kappa shape index (κ2) is 21.3. The van der Waals surface area contributed by atoms with Gasteiger partial charge < -0.3 is 9.84 Å². The SMILES string of the molecule is CCCCCCCCCCCCCCCCCCCCOC(=O)CCc1cc(CC)c(O)c(C(C)(C)C)c1. The van der Waals surface area contributed by atoms with Gasteiger partial charge in [0.15, 0.2) is 0 Å². The van der Waals surface area contributed by atoms with Gasteiger partial charge in [-0.15, -0.1) is 0 Å². The van der Waals surface area contributed by atoms with E-state index in [-0.39, 0.29) is 11.4 Å². The largest absolute Gasteiger partial charge is 0.507 e. The standard InChI is InChI=1S/C35H62O3/c1-6-8-9-10-11-12-13-14-15-16-17-18-19-20-21-22-23-24-27-38-33(36)26-25-30-28-31(7-2)34(37)32(29-30)35(3,4)5/h28-29,37H,6-27H2,1-5H3. The van der Waals surface area contributed by atoms with Crippen LogP contribution in [0.4, 0.5) is 0 Å². The van der Waals surface area contributed by atoms with Gasteiger partial charge in [-0.25, -0.2) is 0 Å². The Morgan fingerprint density at radius 3 is 1.58 bits per heavy atom. The minimum absolute atomic E-state index is 0.111. The lowest BCUT2D eigenvalue weighted by Crippen LogP contribution is -2.13. The molecule has 38 heavy (non-hydrogen) atoms. The highest BCUT2D eigenvalue weighted by Crippen LogP contribution is 2.35. The summed E-state index contributed by atoms with van der Waals surface area (Å²) in [6.45, 7) is 11.2. The molecule has 1 aromatic carbocycles. The van der Waals surface area contributed by atoms with E-state index in [0.29, 0.717) is 25.2 Å². The number of carbonyl (C=O) groups is 1. The normalized spacial score (nSPS) is 11.7. The van der Waals surface area contributed by atoms with Crippen molar-refractivity contribution in [3.8, 4) is 5.75 Å². The third kappa shape index (κ3) is 16.5. The van der Waals surface area contributed by atoms with E-state index in [0.717, 1.165) is 36.0 Å². The van der Waals surface area contributed by atoms with E-state index in [1.54, 1.807) is 0 Å². The van der Waals surface area contributed by atoms with E-state index in [1.807, 2.05) is 6.07 Å². The molecular weight excluding hydrogens is 468 g/mol. The first kappa shape index (κ1) is 34.5. The molecule has 0 fully saturated rings. The van der Waals surface area contributed by atoms with E-state index in [9.17, 15) is 9.90 Å². The van der Waals surface area contributed by atoms with Gasteiger partial charge in [0.2, 0.25) is 0 Å². The summed E-state index contributed by atoms with van der Waals surface area (Å²) in [4.78, 5) is 12.2. The van der Waals surface area contributed by atoms with Crippen LogP contribution in [-0.2, 0) is 27.8 Å². The van der Waals surface area contributed by atoms with Crippen LogP contribution < -0.4 is 0 Å². The Labute approximate surface area is 236 Å². The van der Waals surface area contributed by atoms with Gasteiger partial charge >= 0.3 is 5.97 Å². The number of phenols is 1. The van der Waals surface area contributed by atoms with Crippen LogP contribution >= 0.6 is 0 Å². The molecule has 0 heterocycles. The molecule has 0 aliphatic heterocycles. The van der Waals surface area contributed by atoms with Crippen molar-refractivity contribution in [3.05, 3.63) is 28.8 Å². The average Bonchev–Trinajstić information content (AvgIpc) is 2.88. The number of carbonyl (C=O) groups excluding carboxylic acids is 1. The highest BCUT2D eigenvalue weighted by atomic mass is 16.5. The second-order valence-electron chi connectivity index (χ2n) is 12.5. The molecule has 3 heteroatoms. The minimum Gasteiger partial charge on any atom is -0.507 e. The Morgan fingerprint density at radius 2 is 1.16 bits per heavy atom. The molecule has 0 amide bonds. The van der Waals surface area contributed by atoms with Crippen molar-refractivity contribution in [2.75, 3.05) is 6.61 Å². The van der Waals surface area contributed by atoms with Crippen LogP contribution in [0.1, 0.15) is 173 Å². The highest BCUT2D eigenvalue weighted by molar-refractivity contribution is 5.69. The molecule has 0 atom stereocenters.